The van der Waals surface area contributed by atoms with Crippen LogP contribution >= 0.6 is 0 Å². The zero-order valence-corrected chi connectivity index (χ0v) is 14.4. The smallest absolute Gasteiger partial charge is 0.187 e. The van der Waals surface area contributed by atoms with Crippen LogP contribution in [0.15, 0.2) is 12.7 Å². The average Bonchev–Trinajstić information content (AvgIpc) is 2.52. The predicted molar refractivity (Wildman–Crippen MR) is 85.0 cm³/mol. The minimum Gasteiger partial charge on any atom is -0.394 e. The zero-order chi connectivity index (χ0) is 18.7. The van der Waals surface area contributed by atoms with Gasteiger partial charge in [0.1, 0.15) is 24.4 Å². The molecule has 0 unspecified atom stereocenters. The fourth-order valence-corrected chi connectivity index (χ4v) is 2.42. The molecule has 8 nitrogen and oxygen atoms in total. The molecule has 0 amide bonds. The van der Waals surface area contributed by atoms with Crippen molar-refractivity contribution >= 4 is 0 Å². The van der Waals surface area contributed by atoms with Gasteiger partial charge in [-0.1, -0.05) is 6.08 Å². The van der Waals surface area contributed by atoms with Gasteiger partial charge in [0.15, 0.2) is 6.29 Å². The molecule has 7 atom stereocenters. The molecule has 142 valence electrons. The van der Waals surface area contributed by atoms with Crippen LogP contribution < -0.4 is 0 Å². The SMILES string of the molecule is C=C[C@](C)(CC[C@H](O)C(C)(C)O)O[C@@H]1O[C@H](CO)[C@@H](O)[C@H](O)[C@H]1O. The average molecular weight is 350 g/mol. The third kappa shape index (κ3) is 5.21. The summed E-state index contributed by atoms with van der Waals surface area (Å²) in [5.41, 5.74) is -2.30. The highest BCUT2D eigenvalue weighted by atomic mass is 16.7. The molecule has 24 heavy (non-hydrogen) atoms. The van der Waals surface area contributed by atoms with Gasteiger partial charge < -0.3 is 40.1 Å². The van der Waals surface area contributed by atoms with E-state index in [0.29, 0.717) is 0 Å². The molecule has 0 saturated carbocycles. The van der Waals surface area contributed by atoms with Gasteiger partial charge in [-0.3, -0.25) is 0 Å². The van der Waals surface area contributed by atoms with E-state index in [-0.39, 0.29) is 12.8 Å². The Morgan fingerprint density at radius 2 is 1.75 bits per heavy atom. The molecule has 1 heterocycles. The maximum absolute atomic E-state index is 10.0. The lowest BCUT2D eigenvalue weighted by atomic mass is 9.91. The number of hydrogen-bond acceptors (Lipinski definition) is 8. The first-order chi connectivity index (χ1) is 10.9. The van der Waals surface area contributed by atoms with Crippen molar-refractivity contribution in [3.8, 4) is 0 Å². The Labute approximate surface area is 142 Å². The molecular weight excluding hydrogens is 320 g/mol. The maximum atomic E-state index is 10.0. The molecule has 0 aromatic carbocycles. The van der Waals surface area contributed by atoms with Crippen LogP contribution in [-0.4, -0.2) is 85.3 Å². The first-order valence-corrected chi connectivity index (χ1v) is 7.97. The van der Waals surface area contributed by atoms with Gasteiger partial charge in [-0.2, -0.15) is 0 Å². The third-order valence-corrected chi connectivity index (χ3v) is 4.40. The standard InChI is InChI=1S/C16H30O8/c1-5-16(4,7-6-10(18)15(2,3)22)24-14-13(21)12(20)11(19)9(8-17)23-14/h5,9-14,17-22H,1,6-8H2,2-4H3/t9-,10+,11-,12+,13-,14+,16-/m1/s1. The van der Waals surface area contributed by atoms with Crippen LogP contribution in [0.3, 0.4) is 0 Å². The van der Waals surface area contributed by atoms with Crippen molar-refractivity contribution in [3.05, 3.63) is 12.7 Å². The van der Waals surface area contributed by atoms with Gasteiger partial charge in [0, 0.05) is 0 Å². The van der Waals surface area contributed by atoms with Crippen molar-refractivity contribution < 1.29 is 40.1 Å². The first kappa shape index (κ1) is 21.5. The minimum atomic E-state index is -1.53. The summed E-state index contributed by atoms with van der Waals surface area (Å²) in [6, 6.07) is 0. The van der Waals surface area contributed by atoms with Gasteiger partial charge in [-0.05, 0) is 33.6 Å². The molecular formula is C16H30O8. The van der Waals surface area contributed by atoms with E-state index in [9.17, 15) is 30.6 Å². The number of aliphatic hydroxyl groups is 6. The molecule has 0 bridgehead atoms. The van der Waals surface area contributed by atoms with E-state index in [4.69, 9.17) is 9.47 Å². The summed E-state index contributed by atoms with van der Waals surface area (Å²) in [5, 5.41) is 58.5. The predicted octanol–water partition coefficient (Wildman–Crippen LogP) is -1.34. The van der Waals surface area contributed by atoms with E-state index in [1.54, 1.807) is 6.92 Å². The Bertz CT molecular complexity index is 407. The molecule has 6 N–H and O–H groups in total. The second kappa shape index (κ2) is 8.20. The van der Waals surface area contributed by atoms with Crippen LogP contribution in [0.5, 0.6) is 0 Å². The molecule has 1 rings (SSSR count). The Balaban J connectivity index is 2.76. The Hall–Kier alpha value is -0.580. The van der Waals surface area contributed by atoms with Crippen molar-refractivity contribution in [1.82, 2.24) is 0 Å². The molecule has 1 saturated heterocycles. The zero-order valence-electron chi connectivity index (χ0n) is 14.4. The lowest BCUT2D eigenvalue weighted by molar-refractivity contribution is -0.320. The number of rotatable bonds is 8. The fraction of sp³-hybridized carbons (Fsp3) is 0.875. The summed E-state index contributed by atoms with van der Waals surface area (Å²) in [6.45, 7) is 7.75. The summed E-state index contributed by atoms with van der Waals surface area (Å²) in [4.78, 5) is 0. The van der Waals surface area contributed by atoms with Crippen molar-refractivity contribution in [2.45, 2.75) is 81.6 Å². The van der Waals surface area contributed by atoms with Crippen LogP contribution in [0.1, 0.15) is 33.6 Å². The minimum absolute atomic E-state index is 0.198. The highest BCUT2D eigenvalue weighted by molar-refractivity contribution is 4.97. The Morgan fingerprint density at radius 1 is 1.17 bits per heavy atom. The summed E-state index contributed by atoms with van der Waals surface area (Å²) >= 11 is 0. The van der Waals surface area contributed by atoms with Crippen molar-refractivity contribution in [1.29, 1.82) is 0 Å². The Kier molecular flexibility index (Phi) is 7.33. The number of aliphatic hydroxyl groups excluding tert-OH is 5. The molecule has 0 aliphatic carbocycles. The van der Waals surface area contributed by atoms with Crippen LogP contribution in [0.25, 0.3) is 0 Å². The molecule has 0 aromatic heterocycles. The fourth-order valence-electron chi connectivity index (χ4n) is 2.42. The summed E-state index contributed by atoms with van der Waals surface area (Å²) in [6.07, 6.45) is -5.93. The quantitative estimate of drug-likeness (QED) is 0.296. The summed E-state index contributed by atoms with van der Waals surface area (Å²) in [7, 11) is 0. The number of hydrogen-bond donors (Lipinski definition) is 6. The lowest BCUT2D eigenvalue weighted by Crippen LogP contribution is -2.60. The van der Waals surface area contributed by atoms with E-state index in [1.807, 2.05) is 0 Å². The molecule has 1 aliphatic rings. The van der Waals surface area contributed by atoms with Crippen LogP contribution in [0.2, 0.25) is 0 Å². The van der Waals surface area contributed by atoms with Gasteiger partial charge in [0.05, 0.1) is 23.9 Å². The van der Waals surface area contributed by atoms with Gasteiger partial charge in [0.2, 0.25) is 0 Å². The van der Waals surface area contributed by atoms with E-state index in [0.717, 1.165) is 0 Å². The second-order valence-electron chi connectivity index (χ2n) is 7.04. The van der Waals surface area contributed by atoms with E-state index in [2.05, 4.69) is 6.58 Å². The normalized spacial score (nSPS) is 35.3. The Morgan fingerprint density at radius 3 is 2.21 bits per heavy atom. The third-order valence-electron chi connectivity index (χ3n) is 4.40. The topological polar surface area (TPSA) is 140 Å². The van der Waals surface area contributed by atoms with Gasteiger partial charge in [-0.15, -0.1) is 6.58 Å². The van der Waals surface area contributed by atoms with Gasteiger partial charge in [0.25, 0.3) is 0 Å². The molecule has 1 aliphatic heterocycles. The number of ether oxygens (including phenoxy) is 2. The van der Waals surface area contributed by atoms with Crippen LogP contribution in [-0.2, 0) is 9.47 Å². The van der Waals surface area contributed by atoms with Crippen LogP contribution in [0, 0.1) is 0 Å². The highest BCUT2D eigenvalue weighted by Gasteiger charge is 2.46. The summed E-state index contributed by atoms with van der Waals surface area (Å²) < 4.78 is 11.0. The molecule has 8 heteroatoms. The van der Waals surface area contributed by atoms with Gasteiger partial charge in [-0.25, -0.2) is 0 Å². The van der Waals surface area contributed by atoms with E-state index in [1.165, 1.54) is 19.9 Å². The van der Waals surface area contributed by atoms with E-state index >= 15 is 0 Å². The van der Waals surface area contributed by atoms with E-state index < -0.39 is 54.6 Å². The van der Waals surface area contributed by atoms with Crippen LogP contribution in [0.4, 0.5) is 0 Å². The van der Waals surface area contributed by atoms with Gasteiger partial charge >= 0.3 is 0 Å². The largest absolute Gasteiger partial charge is 0.394 e. The summed E-state index contributed by atoms with van der Waals surface area (Å²) in [5.74, 6) is 0. The highest BCUT2D eigenvalue weighted by Crippen LogP contribution is 2.30. The first-order valence-electron chi connectivity index (χ1n) is 7.97. The van der Waals surface area contributed by atoms with Crippen molar-refractivity contribution in [2.75, 3.05) is 6.61 Å². The van der Waals surface area contributed by atoms with Crippen molar-refractivity contribution in [2.24, 2.45) is 0 Å². The molecule has 0 spiro atoms. The second-order valence-corrected chi connectivity index (χ2v) is 7.04. The monoisotopic (exact) mass is 350 g/mol. The maximum Gasteiger partial charge on any atom is 0.187 e. The lowest BCUT2D eigenvalue weighted by Gasteiger charge is -2.43. The molecule has 0 aromatic rings. The van der Waals surface area contributed by atoms with Crippen molar-refractivity contribution in [3.63, 3.8) is 0 Å². The molecule has 1 fully saturated rings. The molecule has 0 radical (unpaired) electrons.